The Bertz CT molecular complexity index is 159. The molecule has 0 aliphatic carbocycles. The molecular formula is C8H16N2O2. The van der Waals surface area contributed by atoms with Gasteiger partial charge in [0.05, 0.1) is 6.54 Å². The summed E-state index contributed by atoms with van der Waals surface area (Å²) in [6, 6.07) is 0. The average Bonchev–Trinajstić information content (AvgIpc) is 2.01. The summed E-state index contributed by atoms with van der Waals surface area (Å²) in [4.78, 5) is 12.9. The van der Waals surface area contributed by atoms with Crippen LogP contribution in [0.1, 0.15) is 6.42 Å². The first-order chi connectivity index (χ1) is 5.68. The fourth-order valence-corrected chi connectivity index (χ4v) is 1.17. The van der Waals surface area contributed by atoms with Gasteiger partial charge in [-0.2, -0.15) is 0 Å². The highest BCUT2D eigenvalue weighted by Gasteiger charge is 2.19. The summed E-state index contributed by atoms with van der Waals surface area (Å²) in [5.74, 6) is -0.134. The maximum atomic E-state index is 10.8. The van der Waals surface area contributed by atoms with Crippen molar-refractivity contribution in [1.29, 1.82) is 0 Å². The Kier molecular flexibility index (Phi) is 3.49. The lowest BCUT2D eigenvalue weighted by Crippen LogP contribution is -2.43. The van der Waals surface area contributed by atoms with Gasteiger partial charge in [-0.05, 0) is 20.5 Å². The van der Waals surface area contributed by atoms with E-state index in [4.69, 9.17) is 4.74 Å². The fourth-order valence-electron chi connectivity index (χ4n) is 1.17. The Hall–Kier alpha value is -0.610. The van der Waals surface area contributed by atoms with Gasteiger partial charge in [0.2, 0.25) is 0 Å². The Balaban J connectivity index is 2.18. The molecule has 12 heavy (non-hydrogen) atoms. The van der Waals surface area contributed by atoms with Gasteiger partial charge in [0.1, 0.15) is 6.10 Å². The minimum atomic E-state index is -0.134. The molecule has 1 saturated heterocycles. The lowest BCUT2D eigenvalue weighted by atomic mass is 10.2. The molecule has 0 aromatic carbocycles. The molecule has 1 rings (SSSR count). The van der Waals surface area contributed by atoms with Crippen LogP contribution in [0.15, 0.2) is 0 Å². The third-order valence-electron chi connectivity index (χ3n) is 1.84. The molecule has 1 unspecified atom stereocenters. The molecule has 1 fully saturated rings. The predicted octanol–water partition coefficient (Wildman–Crippen LogP) is -0.547. The number of hydrogen-bond donors (Lipinski definition) is 1. The van der Waals surface area contributed by atoms with Crippen LogP contribution in [-0.2, 0) is 9.53 Å². The van der Waals surface area contributed by atoms with E-state index in [0.717, 1.165) is 19.5 Å². The lowest BCUT2D eigenvalue weighted by molar-refractivity contribution is -0.151. The number of nitrogens with zero attached hydrogens (tertiary/aromatic N) is 1. The summed E-state index contributed by atoms with van der Waals surface area (Å²) in [5.41, 5.74) is 0. The second kappa shape index (κ2) is 4.42. The van der Waals surface area contributed by atoms with E-state index in [1.807, 2.05) is 14.1 Å². The van der Waals surface area contributed by atoms with Crippen LogP contribution in [0.25, 0.3) is 0 Å². The van der Waals surface area contributed by atoms with Crippen molar-refractivity contribution in [3.05, 3.63) is 0 Å². The Morgan fingerprint density at radius 1 is 1.67 bits per heavy atom. The molecule has 4 nitrogen and oxygen atoms in total. The van der Waals surface area contributed by atoms with Crippen LogP contribution >= 0.6 is 0 Å². The van der Waals surface area contributed by atoms with Gasteiger partial charge >= 0.3 is 5.97 Å². The molecule has 70 valence electrons. The number of nitrogens with one attached hydrogen (secondary N) is 1. The van der Waals surface area contributed by atoms with Crippen LogP contribution in [0.3, 0.4) is 0 Å². The van der Waals surface area contributed by atoms with E-state index >= 15 is 0 Å². The first-order valence-corrected chi connectivity index (χ1v) is 4.23. The van der Waals surface area contributed by atoms with Crippen molar-refractivity contribution in [3.63, 3.8) is 0 Å². The standard InChI is InChI=1S/C8H16N2O2/c1-10(2)4-3-7-5-9-6-8(11)12-7/h7,9H,3-6H2,1-2H3. The van der Waals surface area contributed by atoms with E-state index in [9.17, 15) is 4.79 Å². The number of hydrogen-bond acceptors (Lipinski definition) is 4. The monoisotopic (exact) mass is 172 g/mol. The van der Waals surface area contributed by atoms with Gasteiger partial charge in [0.25, 0.3) is 0 Å². The van der Waals surface area contributed by atoms with Gasteiger partial charge in [-0.1, -0.05) is 0 Å². The molecule has 1 aliphatic heterocycles. The lowest BCUT2D eigenvalue weighted by Gasteiger charge is -2.24. The molecule has 0 spiro atoms. The number of cyclic esters (lactones) is 1. The minimum absolute atomic E-state index is 0.0636. The van der Waals surface area contributed by atoms with Gasteiger partial charge in [-0.3, -0.25) is 4.79 Å². The highest BCUT2D eigenvalue weighted by Crippen LogP contribution is 2.02. The molecule has 1 heterocycles. The third kappa shape index (κ3) is 3.19. The van der Waals surface area contributed by atoms with Crippen molar-refractivity contribution in [2.45, 2.75) is 12.5 Å². The quantitative estimate of drug-likeness (QED) is 0.580. The van der Waals surface area contributed by atoms with Crippen molar-refractivity contribution in [2.24, 2.45) is 0 Å². The van der Waals surface area contributed by atoms with Crippen LogP contribution in [0.5, 0.6) is 0 Å². The second-order valence-corrected chi connectivity index (χ2v) is 3.33. The molecule has 0 saturated carbocycles. The number of esters is 1. The molecule has 1 aliphatic rings. The van der Waals surface area contributed by atoms with Crippen LogP contribution < -0.4 is 5.32 Å². The zero-order chi connectivity index (χ0) is 8.97. The molecule has 1 atom stereocenters. The third-order valence-corrected chi connectivity index (χ3v) is 1.84. The fraction of sp³-hybridized carbons (Fsp3) is 0.875. The van der Waals surface area contributed by atoms with Gasteiger partial charge in [0.15, 0.2) is 0 Å². The first kappa shape index (κ1) is 9.48. The van der Waals surface area contributed by atoms with Gasteiger partial charge in [-0.25, -0.2) is 0 Å². The molecular weight excluding hydrogens is 156 g/mol. The number of carbonyl (C=O) groups excluding carboxylic acids is 1. The smallest absolute Gasteiger partial charge is 0.320 e. The van der Waals surface area contributed by atoms with Gasteiger partial charge in [0, 0.05) is 13.1 Å². The number of ether oxygens (including phenoxy) is 1. The van der Waals surface area contributed by atoms with E-state index in [0.29, 0.717) is 6.54 Å². The second-order valence-electron chi connectivity index (χ2n) is 3.33. The SMILES string of the molecule is CN(C)CCC1CNCC(=O)O1. The predicted molar refractivity (Wildman–Crippen MR) is 45.9 cm³/mol. The van der Waals surface area contributed by atoms with Crippen LogP contribution in [0.2, 0.25) is 0 Å². The highest BCUT2D eigenvalue weighted by molar-refractivity contribution is 5.72. The van der Waals surface area contributed by atoms with Crippen molar-refractivity contribution in [2.75, 3.05) is 33.7 Å². The largest absolute Gasteiger partial charge is 0.460 e. The molecule has 0 amide bonds. The summed E-state index contributed by atoms with van der Waals surface area (Å²) in [6.07, 6.45) is 0.972. The van der Waals surface area contributed by atoms with E-state index < -0.39 is 0 Å². The first-order valence-electron chi connectivity index (χ1n) is 4.23. The zero-order valence-electron chi connectivity index (χ0n) is 7.67. The van der Waals surface area contributed by atoms with Crippen LogP contribution in [0, 0.1) is 0 Å². The Labute approximate surface area is 72.9 Å². The van der Waals surface area contributed by atoms with Crippen LogP contribution in [-0.4, -0.2) is 50.7 Å². The van der Waals surface area contributed by atoms with E-state index in [-0.39, 0.29) is 12.1 Å². The Morgan fingerprint density at radius 3 is 3.00 bits per heavy atom. The summed E-state index contributed by atoms with van der Waals surface area (Å²) < 4.78 is 5.11. The summed E-state index contributed by atoms with van der Waals surface area (Å²) in [6.45, 7) is 2.11. The maximum Gasteiger partial charge on any atom is 0.320 e. The van der Waals surface area contributed by atoms with Crippen molar-refractivity contribution in [3.8, 4) is 0 Å². The highest BCUT2D eigenvalue weighted by atomic mass is 16.5. The summed E-state index contributed by atoms with van der Waals surface area (Å²) >= 11 is 0. The molecule has 0 bridgehead atoms. The molecule has 0 radical (unpaired) electrons. The average molecular weight is 172 g/mol. The molecule has 1 N–H and O–H groups in total. The summed E-state index contributed by atoms with van der Waals surface area (Å²) in [7, 11) is 4.02. The molecule has 0 aromatic heterocycles. The molecule has 4 heteroatoms. The van der Waals surface area contributed by atoms with Gasteiger partial charge < -0.3 is 15.0 Å². The topological polar surface area (TPSA) is 41.6 Å². The zero-order valence-corrected chi connectivity index (χ0v) is 7.67. The maximum absolute atomic E-state index is 10.8. The van der Waals surface area contributed by atoms with E-state index in [2.05, 4.69) is 10.2 Å². The van der Waals surface area contributed by atoms with Gasteiger partial charge in [-0.15, -0.1) is 0 Å². The van der Waals surface area contributed by atoms with Crippen LogP contribution in [0.4, 0.5) is 0 Å². The van der Waals surface area contributed by atoms with Crippen molar-refractivity contribution in [1.82, 2.24) is 10.2 Å². The Morgan fingerprint density at radius 2 is 2.42 bits per heavy atom. The minimum Gasteiger partial charge on any atom is -0.460 e. The van der Waals surface area contributed by atoms with Crippen molar-refractivity contribution >= 4 is 5.97 Å². The van der Waals surface area contributed by atoms with E-state index in [1.54, 1.807) is 0 Å². The number of rotatable bonds is 3. The summed E-state index contributed by atoms with van der Waals surface area (Å²) in [5, 5.41) is 3.02. The van der Waals surface area contributed by atoms with E-state index in [1.165, 1.54) is 0 Å². The number of carbonyl (C=O) groups is 1. The molecule has 0 aromatic rings. The normalized spacial score (nSPS) is 24.2. The van der Waals surface area contributed by atoms with Crippen molar-refractivity contribution < 1.29 is 9.53 Å². The number of morpholine rings is 1.